The van der Waals surface area contributed by atoms with Gasteiger partial charge in [0, 0.05) is 43.5 Å². The lowest BCUT2D eigenvalue weighted by Crippen LogP contribution is -2.19. The molecule has 156 valence electrons. The lowest BCUT2D eigenvalue weighted by atomic mass is 10.2. The Morgan fingerprint density at radius 3 is 2.50 bits per heavy atom. The first-order valence-corrected chi connectivity index (χ1v) is 11.4. The number of nitrogens with zero attached hydrogens (tertiary/aromatic N) is 2. The fourth-order valence-electron chi connectivity index (χ4n) is 3.05. The third-order valence-corrected chi connectivity index (χ3v) is 6.37. The fourth-order valence-corrected chi connectivity index (χ4v) is 4.79. The van der Waals surface area contributed by atoms with E-state index in [4.69, 9.17) is 34.8 Å². The summed E-state index contributed by atoms with van der Waals surface area (Å²) in [7, 11) is 0. The van der Waals surface area contributed by atoms with E-state index in [9.17, 15) is 4.79 Å². The van der Waals surface area contributed by atoms with Gasteiger partial charge in [0.25, 0.3) is 0 Å². The summed E-state index contributed by atoms with van der Waals surface area (Å²) in [6.45, 7) is 4.01. The monoisotopic (exact) mass is 479 g/mol. The van der Waals surface area contributed by atoms with Crippen LogP contribution in [0.1, 0.15) is 22.5 Å². The van der Waals surface area contributed by atoms with Gasteiger partial charge < -0.3 is 4.57 Å². The summed E-state index contributed by atoms with van der Waals surface area (Å²) in [6, 6.07) is 15.0. The van der Waals surface area contributed by atoms with E-state index in [1.54, 1.807) is 24.4 Å². The van der Waals surface area contributed by atoms with Gasteiger partial charge in [-0.05, 0) is 55.8 Å². The number of carbonyl (C=O) groups excluding carboxylic acids is 1. The third-order valence-electron chi connectivity index (χ3n) is 4.47. The second-order valence-electron chi connectivity index (χ2n) is 6.63. The molecule has 8 heteroatoms. The molecule has 0 saturated carbocycles. The summed E-state index contributed by atoms with van der Waals surface area (Å²) in [5, 5.41) is 5.98. The Morgan fingerprint density at radius 1 is 1.10 bits per heavy atom. The molecule has 0 fully saturated rings. The van der Waals surface area contributed by atoms with Crippen molar-refractivity contribution in [2.75, 3.05) is 5.75 Å². The highest BCUT2D eigenvalue weighted by Gasteiger charge is 2.10. The predicted molar refractivity (Wildman–Crippen MR) is 129 cm³/mol. The lowest BCUT2D eigenvalue weighted by Gasteiger charge is -2.09. The average Bonchev–Trinajstić information content (AvgIpc) is 2.97. The number of benzene rings is 2. The molecule has 0 atom stereocenters. The van der Waals surface area contributed by atoms with Crippen LogP contribution in [-0.2, 0) is 10.5 Å². The van der Waals surface area contributed by atoms with Crippen molar-refractivity contribution in [3.8, 4) is 5.69 Å². The quantitative estimate of drug-likeness (QED) is 0.312. The van der Waals surface area contributed by atoms with Crippen LogP contribution >= 0.6 is 46.6 Å². The topological polar surface area (TPSA) is 46.4 Å². The second-order valence-corrected chi connectivity index (χ2v) is 8.86. The number of thioether (sulfide) groups is 1. The van der Waals surface area contributed by atoms with Gasteiger partial charge in [-0.15, -0.1) is 11.8 Å². The van der Waals surface area contributed by atoms with Crippen molar-refractivity contribution < 1.29 is 4.79 Å². The Hall–Kier alpha value is -1.92. The van der Waals surface area contributed by atoms with Crippen molar-refractivity contribution in [2.24, 2.45) is 5.10 Å². The summed E-state index contributed by atoms with van der Waals surface area (Å²) >= 11 is 19.8. The molecular weight excluding hydrogens is 461 g/mol. The first-order chi connectivity index (χ1) is 14.4. The van der Waals surface area contributed by atoms with E-state index in [0.717, 1.165) is 28.2 Å². The first-order valence-electron chi connectivity index (χ1n) is 9.14. The van der Waals surface area contributed by atoms with Crippen LogP contribution in [0, 0.1) is 13.8 Å². The summed E-state index contributed by atoms with van der Waals surface area (Å²) in [4.78, 5) is 12.1. The van der Waals surface area contributed by atoms with Crippen LogP contribution in [0.25, 0.3) is 5.69 Å². The SMILES string of the molecule is Cc1cc(/C=N\NC(=O)CSCc2c(Cl)cccc2Cl)c(C)n1-c1cccc(Cl)c1. The van der Waals surface area contributed by atoms with Gasteiger partial charge in [-0.1, -0.05) is 46.9 Å². The molecule has 0 aliphatic carbocycles. The van der Waals surface area contributed by atoms with Crippen LogP contribution in [0.15, 0.2) is 53.6 Å². The molecule has 0 radical (unpaired) electrons. The maximum atomic E-state index is 12.1. The fraction of sp³-hybridized carbons (Fsp3) is 0.182. The molecule has 1 heterocycles. The van der Waals surface area contributed by atoms with Gasteiger partial charge >= 0.3 is 0 Å². The van der Waals surface area contributed by atoms with Gasteiger partial charge in [-0.3, -0.25) is 4.79 Å². The molecule has 0 bridgehead atoms. The van der Waals surface area contributed by atoms with Crippen molar-refractivity contribution in [3.05, 3.63) is 86.1 Å². The third kappa shape index (κ3) is 5.61. The lowest BCUT2D eigenvalue weighted by molar-refractivity contribution is -0.118. The largest absolute Gasteiger partial charge is 0.318 e. The van der Waals surface area contributed by atoms with Crippen LogP contribution in [0.3, 0.4) is 0 Å². The van der Waals surface area contributed by atoms with Gasteiger partial charge in [-0.25, -0.2) is 5.43 Å². The average molecular weight is 481 g/mol. The molecule has 3 rings (SSSR count). The van der Waals surface area contributed by atoms with E-state index in [2.05, 4.69) is 15.1 Å². The molecule has 0 aliphatic heterocycles. The number of carbonyl (C=O) groups is 1. The molecule has 3 aromatic rings. The van der Waals surface area contributed by atoms with Crippen LogP contribution in [0.5, 0.6) is 0 Å². The van der Waals surface area contributed by atoms with E-state index in [0.29, 0.717) is 20.8 Å². The highest BCUT2D eigenvalue weighted by Crippen LogP contribution is 2.28. The molecule has 0 saturated heterocycles. The molecule has 4 nitrogen and oxygen atoms in total. The smallest absolute Gasteiger partial charge is 0.250 e. The summed E-state index contributed by atoms with van der Waals surface area (Å²) in [6.07, 6.45) is 1.65. The van der Waals surface area contributed by atoms with Crippen molar-refractivity contribution in [2.45, 2.75) is 19.6 Å². The van der Waals surface area contributed by atoms with Gasteiger partial charge in [0.2, 0.25) is 5.91 Å². The van der Waals surface area contributed by atoms with Gasteiger partial charge in [-0.2, -0.15) is 5.10 Å². The first kappa shape index (κ1) is 22.8. The highest BCUT2D eigenvalue weighted by molar-refractivity contribution is 7.99. The number of aromatic nitrogens is 1. The second kappa shape index (κ2) is 10.4. The van der Waals surface area contributed by atoms with Crippen molar-refractivity contribution in [1.82, 2.24) is 9.99 Å². The maximum absolute atomic E-state index is 12.1. The van der Waals surface area contributed by atoms with Crippen molar-refractivity contribution in [3.63, 3.8) is 0 Å². The number of hydrazone groups is 1. The molecule has 30 heavy (non-hydrogen) atoms. The molecular formula is C22H20Cl3N3OS. The van der Waals surface area contributed by atoms with Crippen molar-refractivity contribution >= 4 is 58.7 Å². The zero-order valence-electron chi connectivity index (χ0n) is 16.5. The van der Waals surface area contributed by atoms with Crippen LogP contribution < -0.4 is 5.43 Å². The van der Waals surface area contributed by atoms with Gasteiger partial charge in [0.15, 0.2) is 0 Å². The predicted octanol–water partition coefficient (Wildman–Crippen LogP) is 6.44. The minimum atomic E-state index is -0.192. The number of nitrogens with one attached hydrogen (secondary N) is 1. The Morgan fingerprint density at radius 2 is 1.80 bits per heavy atom. The Kier molecular flexibility index (Phi) is 7.89. The molecule has 1 N–H and O–H groups in total. The number of hydrogen-bond acceptors (Lipinski definition) is 3. The molecule has 1 amide bonds. The molecule has 0 aliphatic rings. The van der Waals surface area contributed by atoms with Gasteiger partial charge in [0.05, 0.1) is 12.0 Å². The van der Waals surface area contributed by atoms with Crippen LogP contribution in [-0.4, -0.2) is 22.4 Å². The summed E-state index contributed by atoms with van der Waals surface area (Å²) < 4.78 is 2.10. The zero-order chi connectivity index (χ0) is 21.7. The van der Waals surface area contributed by atoms with E-state index in [-0.39, 0.29) is 11.7 Å². The number of hydrogen-bond donors (Lipinski definition) is 1. The number of rotatable bonds is 7. The number of halogens is 3. The minimum Gasteiger partial charge on any atom is -0.318 e. The van der Waals surface area contributed by atoms with E-state index in [1.165, 1.54) is 11.8 Å². The molecule has 0 spiro atoms. The van der Waals surface area contributed by atoms with E-state index in [1.807, 2.05) is 44.2 Å². The zero-order valence-corrected chi connectivity index (χ0v) is 19.5. The summed E-state index contributed by atoms with van der Waals surface area (Å²) in [5.74, 6) is 0.611. The maximum Gasteiger partial charge on any atom is 0.250 e. The van der Waals surface area contributed by atoms with Crippen molar-refractivity contribution in [1.29, 1.82) is 0 Å². The minimum absolute atomic E-state index is 0.192. The van der Waals surface area contributed by atoms with E-state index >= 15 is 0 Å². The van der Waals surface area contributed by atoms with Crippen LogP contribution in [0.2, 0.25) is 15.1 Å². The number of aryl methyl sites for hydroxylation is 1. The van der Waals surface area contributed by atoms with Crippen LogP contribution in [0.4, 0.5) is 0 Å². The Bertz CT molecular complexity index is 1070. The Balaban J connectivity index is 1.58. The van der Waals surface area contributed by atoms with E-state index < -0.39 is 0 Å². The molecule has 1 aromatic heterocycles. The summed E-state index contributed by atoms with van der Waals surface area (Å²) in [5.41, 5.74) is 7.36. The normalized spacial score (nSPS) is 11.2. The van der Waals surface area contributed by atoms with Gasteiger partial charge in [0.1, 0.15) is 0 Å². The Labute approximate surface area is 195 Å². The molecule has 0 unspecified atom stereocenters. The highest BCUT2D eigenvalue weighted by atomic mass is 35.5. The standard InChI is InChI=1S/C22H20Cl3N3OS/c1-14-9-16(15(2)28(14)18-6-3-5-17(23)10-18)11-26-27-22(29)13-30-12-19-20(24)7-4-8-21(19)25/h3-11H,12-13H2,1-2H3,(H,27,29)/b26-11-. The number of amides is 1. The molecule has 2 aromatic carbocycles.